The Kier molecular flexibility index (Phi) is 2.23. The van der Waals surface area contributed by atoms with E-state index in [1.807, 2.05) is 12.1 Å². The van der Waals surface area contributed by atoms with Crippen molar-refractivity contribution >= 4 is 11.6 Å². The molecule has 0 spiro atoms. The highest BCUT2D eigenvalue weighted by atomic mass is 35.5. The van der Waals surface area contributed by atoms with Gasteiger partial charge < -0.3 is 0 Å². The van der Waals surface area contributed by atoms with Crippen LogP contribution in [0.4, 0.5) is 0 Å². The van der Waals surface area contributed by atoms with E-state index in [1.165, 1.54) is 0 Å². The van der Waals surface area contributed by atoms with E-state index in [-0.39, 0.29) is 0 Å². The van der Waals surface area contributed by atoms with Crippen molar-refractivity contribution in [2.75, 3.05) is 0 Å². The third kappa shape index (κ3) is 1.67. The van der Waals surface area contributed by atoms with Crippen molar-refractivity contribution in [2.45, 2.75) is 5.88 Å². The van der Waals surface area contributed by atoms with Gasteiger partial charge in [0.05, 0.1) is 5.88 Å². The Bertz CT molecular complexity index is 384. The second kappa shape index (κ2) is 3.53. The second-order valence-electron chi connectivity index (χ2n) is 2.48. The molecule has 2 aromatic heterocycles. The third-order valence-corrected chi connectivity index (χ3v) is 1.83. The summed E-state index contributed by atoms with van der Waals surface area (Å²) in [6, 6.07) is 3.74. The van der Waals surface area contributed by atoms with Gasteiger partial charge in [0.1, 0.15) is 5.82 Å². The lowest BCUT2D eigenvalue weighted by Gasteiger charge is -1.90. The number of halogens is 1. The molecule has 5 heteroatoms. The lowest BCUT2D eigenvalue weighted by atomic mass is 10.3. The Morgan fingerprint density at radius 3 is 3.00 bits per heavy atom. The topological polar surface area (TPSA) is 54.5 Å². The molecule has 1 N–H and O–H groups in total. The lowest BCUT2D eigenvalue weighted by molar-refractivity contribution is 1.02. The summed E-state index contributed by atoms with van der Waals surface area (Å²) in [6.07, 6.45) is 3.42. The summed E-state index contributed by atoms with van der Waals surface area (Å²) in [6.45, 7) is 0. The first-order valence-electron chi connectivity index (χ1n) is 3.78. The fourth-order valence-electron chi connectivity index (χ4n) is 0.979. The van der Waals surface area contributed by atoms with Crippen molar-refractivity contribution in [1.29, 1.82) is 0 Å². The van der Waals surface area contributed by atoms with Gasteiger partial charge in [-0.1, -0.05) is 0 Å². The summed E-state index contributed by atoms with van der Waals surface area (Å²) in [4.78, 5) is 8.13. The maximum absolute atomic E-state index is 5.58. The third-order valence-electron chi connectivity index (χ3n) is 1.58. The Morgan fingerprint density at radius 2 is 2.38 bits per heavy atom. The van der Waals surface area contributed by atoms with Crippen LogP contribution in [0.3, 0.4) is 0 Å². The van der Waals surface area contributed by atoms with Crippen molar-refractivity contribution < 1.29 is 0 Å². The van der Waals surface area contributed by atoms with E-state index in [1.54, 1.807) is 12.4 Å². The molecule has 0 saturated heterocycles. The largest absolute Gasteiger partial charge is 0.264 e. The standard InChI is InChI=1S/C8H7ClN4/c9-4-7-11-8(13-12-7)6-2-1-3-10-5-6/h1-3,5H,4H2,(H,11,12,13). The van der Waals surface area contributed by atoms with E-state index in [2.05, 4.69) is 20.2 Å². The van der Waals surface area contributed by atoms with Gasteiger partial charge in [0.15, 0.2) is 5.82 Å². The zero-order chi connectivity index (χ0) is 9.10. The van der Waals surface area contributed by atoms with Gasteiger partial charge in [-0.25, -0.2) is 4.98 Å². The van der Waals surface area contributed by atoms with Crippen molar-refractivity contribution in [1.82, 2.24) is 20.2 Å². The molecule has 2 aromatic rings. The van der Waals surface area contributed by atoms with Crippen LogP contribution in [-0.4, -0.2) is 20.2 Å². The van der Waals surface area contributed by atoms with Crippen LogP contribution in [0.1, 0.15) is 5.82 Å². The molecule has 4 nitrogen and oxygen atoms in total. The van der Waals surface area contributed by atoms with Crippen LogP contribution in [0.2, 0.25) is 0 Å². The number of nitrogens with one attached hydrogen (secondary N) is 1. The molecule has 0 fully saturated rings. The minimum absolute atomic E-state index is 0.341. The zero-order valence-corrected chi connectivity index (χ0v) is 7.49. The fourth-order valence-corrected chi connectivity index (χ4v) is 1.10. The van der Waals surface area contributed by atoms with E-state index in [0.717, 1.165) is 5.56 Å². The first-order chi connectivity index (χ1) is 6.40. The van der Waals surface area contributed by atoms with Gasteiger partial charge in [-0.05, 0) is 12.1 Å². The van der Waals surface area contributed by atoms with E-state index < -0.39 is 0 Å². The van der Waals surface area contributed by atoms with Crippen LogP contribution in [0.5, 0.6) is 0 Å². The van der Waals surface area contributed by atoms with Crippen LogP contribution in [0.25, 0.3) is 11.4 Å². The quantitative estimate of drug-likeness (QED) is 0.739. The molecule has 13 heavy (non-hydrogen) atoms. The van der Waals surface area contributed by atoms with Crippen LogP contribution < -0.4 is 0 Å². The Hall–Kier alpha value is -1.42. The summed E-state index contributed by atoms with van der Waals surface area (Å²) in [5.74, 6) is 1.64. The smallest absolute Gasteiger partial charge is 0.182 e. The van der Waals surface area contributed by atoms with Crippen molar-refractivity contribution in [3.63, 3.8) is 0 Å². The lowest BCUT2D eigenvalue weighted by Crippen LogP contribution is -1.81. The molecule has 0 aliphatic carbocycles. The predicted octanol–water partition coefficient (Wildman–Crippen LogP) is 1.61. The fraction of sp³-hybridized carbons (Fsp3) is 0.125. The van der Waals surface area contributed by atoms with E-state index in [9.17, 15) is 0 Å². The summed E-state index contributed by atoms with van der Waals surface area (Å²) >= 11 is 5.58. The van der Waals surface area contributed by atoms with Gasteiger partial charge in [0.2, 0.25) is 0 Å². The summed E-state index contributed by atoms with van der Waals surface area (Å²) in [5.41, 5.74) is 0.884. The molecule has 0 unspecified atom stereocenters. The minimum atomic E-state index is 0.341. The van der Waals surface area contributed by atoms with Crippen molar-refractivity contribution in [2.24, 2.45) is 0 Å². The maximum atomic E-state index is 5.58. The number of H-pyrrole nitrogens is 1. The minimum Gasteiger partial charge on any atom is -0.264 e. The average Bonchev–Trinajstić information content (AvgIpc) is 2.67. The van der Waals surface area contributed by atoms with Gasteiger partial charge in [-0.15, -0.1) is 11.6 Å². The molecule has 2 rings (SSSR count). The normalized spacial score (nSPS) is 10.2. The first-order valence-corrected chi connectivity index (χ1v) is 4.31. The number of pyridine rings is 1. The number of rotatable bonds is 2. The van der Waals surface area contributed by atoms with Gasteiger partial charge in [0.25, 0.3) is 0 Å². The number of hydrogen-bond donors (Lipinski definition) is 1. The number of nitrogens with zero attached hydrogens (tertiary/aromatic N) is 3. The molecule has 0 aliphatic heterocycles. The number of hydrogen-bond acceptors (Lipinski definition) is 3. The monoisotopic (exact) mass is 194 g/mol. The van der Waals surface area contributed by atoms with Crippen molar-refractivity contribution in [3.8, 4) is 11.4 Å². The van der Waals surface area contributed by atoms with E-state index in [0.29, 0.717) is 17.5 Å². The number of alkyl halides is 1. The Morgan fingerprint density at radius 1 is 1.46 bits per heavy atom. The summed E-state index contributed by atoms with van der Waals surface area (Å²) in [5, 5.41) is 6.73. The van der Waals surface area contributed by atoms with E-state index >= 15 is 0 Å². The molecular weight excluding hydrogens is 188 g/mol. The molecule has 0 saturated carbocycles. The van der Waals surface area contributed by atoms with Gasteiger partial charge in [-0.3, -0.25) is 10.1 Å². The molecule has 0 radical (unpaired) electrons. The summed E-state index contributed by atoms with van der Waals surface area (Å²) in [7, 11) is 0. The molecule has 0 amide bonds. The van der Waals surface area contributed by atoms with Crippen LogP contribution in [0.15, 0.2) is 24.5 Å². The predicted molar refractivity (Wildman–Crippen MR) is 49.2 cm³/mol. The highest BCUT2D eigenvalue weighted by molar-refractivity contribution is 6.16. The highest BCUT2D eigenvalue weighted by Gasteiger charge is 2.03. The SMILES string of the molecule is ClCc1nc(-c2cccnc2)n[nH]1. The van der Waals surface area contributed by atoms with Crippen LogP contribution in [-0.2, 0) is 5.88 Å². The molecule has 2 heterocycles. The van der Waals surface area contributed by atoms with Crippen molar-refractivity contribution in [3.05, 3.63) is 30.4 Å². The Labute approximate surface area is 80.0 Å². The van der Waals surface area contributed by atoms with E-state index in [4.69, 9.17) is 11.6 Å². The van der Waals surface area contributed by atoms with Gasteiger partial charge in [-0.2, -0.15) is 5.10 Å². The molecule has 0 bridgehead atoms. The second-order valence-corrected chi connectivity index (χ2v) is 2.75. The molecule has 0 aromatic carbocycles. The van der Waals surface area contributed by atoms with Crippen LogP contribution in [0, 0.1) is 0 Å². The average molecular weight is 195 g/mol. The molecular formula is C8H7ClN4. The molecule has 0 aliphatic rings. The molecule has 66 valence electrons. The maximum Gasteiger partial charge on any atom is 0.182 e. The highest BCUT2D eigenvalue weighted by Crippen LogP contribution is 2.12. The zero-order valence-electron chi connectivity index (χ0n) is 6.74. The van der Waals surface area contributed by atoms with Gasteiger partial charge >= 0.3 is 0 Å². The van der Waals surface area contributed by atoms with Gasteiger partial charge in [0, 0.05) is 18.0 Å². The summed E-state index contributed by atoms with van der Waals surface area (Å²) < 4.78 is 0. The number of aromatic amines is 1. The molecule has 0 atom stereocenters. The number of aromatic nitrogens is 4. The van der Waals surface area contributed by atoms with Crippen LogP contribution >= 0.6 is 11.6 Å². The first kappa shape index (κ1) is 8.19. The Balaban J connectivity index is 2.36.